The molecule has 1 rings (SSSR count). The van der Waals surface area contributed by atoms with E-state index < -0.39 is 48.3 Å². The number of nitrogens with zero attached hydrogens (tertiary/aromatic N) is 3. The Hall–Kier alpha value is 0.405. The maximum atomic E-state index is 11.7. The van der Waals surface area contributed by atoms with Gasteiger partial charge in [-0.15, -0.1) is 0 Å². The molecule has 0 aromatic rings. The highest BCUT2D eigenvalue weighted by molar-refractivity contribution is 8.76. The standard InChI is InChI=1S/C8H17BN3O12P3S2/c9-8-3-6(20-5-29-28-2-1-11-12-10)7(22-8)4-21-26(16,17)24-27(18,19)23-25(13,14)15/h6-8H,1-5H2,(H,16,17)(H,18,19)(H2,13,14,15)/t6?,7-,8-/m1/s1. The van der Waals surface area contributed by atoms with Crippen LogP contribution in [0.15, 0.2) is 5.11 Å². The molecule has 166 valence electrons. The Labute approximate surface area is 174 Å². The van der Waals surface area contributed by atoms with Crippen LogP contribution in [-0.2, 0) is 36.3 Å². The molecule has 0 aromatic heterocycles. The molecule has 1 fully saturated rings. The Kier molecular flexibility index (Phi) is 11.8. The van der Waals surface area contributed by atoms with E-state index in [9.17, 15) is 18.6 Å². The summed E-state index contributed by atoms with van der Waals surface area (Å²) in [4.78, 5) is 38.1. The quantitative estimate of drug-likeness (QED) is 0.0377. The van der Waals surface area contributed by atoms with Crippen molar-refractivity contribution in [2.24, 2.45) is 5.11 Å². The normalized spacial score (nSPS) is 26.4. The number of azide groups is 1. The Bertz CT molecular complexity index is 723. The summed E-state index contributed by atoms with van der Waals surface area (Å²) in [5.74, 6) is 0.752. The maximum absolute atomic E-state index is 11.7. The molecule has 15 nitrogen and oxygen atoms in total. The molecule has 5 atom stereocenters. The predicted octanol–water partition coefficient (Wildman–Crippen LogP) is 1.65. The summed E-state index contributed by atoms with van der Waals surface area (Å²) in [5, 5.41) is 3.36. The highest BCUT2D eigenvalue weighted by Crippen LogP contribution is 2.66. The lowest BCUT2D eigenvalue weighted by Gasteiger charge is -2.21. The molecule has 3 unspecified atom stereocenters. The number of hydrogen-bond acceptors (Lipinski definition) is 11. The van der Waals surface area contributed by atoms with Crippen LogP contribution in [0.5, 0.6) is 0 Å². The monoisotopic (exact) mass is 515 g/mol. The zero-order chi connectivity index (χ0) is 22.1. The Morgan fingerprint density at radius 1 is 1.17 bits per heavy atom. The number of phosphoric acid groups is 3. The van der Waals surface area contributed by atoms with Crippen LogP contribution in [0.4, 0.5) is 0 Å². The van der Waals surface area contributed by atoms with Crippen molar-refractivity contribution in [1.82, 2.24) is 0 Å². The van der Waals surface area contributed by atoms with Gasteiger partial charge in [-0.1, -0.05) is 26.7 Å². The number of ether oxygens (including phenoxy) is 2. The molecule has 0 aromatic carbocycles. The minimum absolute atomic E-state index is 0.188. The molecule has 0 spiro atoms. The maximum Gasteiger partial charge on any atom is 0.490 e. The summed E-state index contributed by atoms with van der Waals surface area (Å²) >= 11 is 0. The van der Waals surface area contributed by atoms with Crippen molar-refractivity contribution < 1.29 is 55.9 Å². The lowest BCUT2D eigenvalue weighted by atomic mass is 9.96. The van der Waals surface area contributed by atoms with Crippen molar-refractivity contribution in [3.05, 3.63) is 10.4 Å². The number of phosphoric ester groups is 1. The van der Waals surface area contributed by atoms with Gasteiger partial charge in [0.15, 0.2) is 0 Å². The molecule has 4 N–H and O–H groups in total. The van der Waals surface area contributed by atoms with E-state index in [0.29, 0.717) is 12.3 Å². The lowest BCUT2D eigenvalue weighted by Crippen LogP contribution is -2.29. The van der Waals surface area contributed by atoms with Gasteiger partial charge in [0.1, 0.15) is 19.9 Å². The average molecular weight is 515 g/mol. The first-order valence-electron chi connectivity index (χ1n) is 7.40. The highest BCUT2D eigenvalue weighted by Gasteiger charge is 2.42. The van der Waals surface area contributed by atoms with Crippen LogP contribution < -0.4 is 0 Å². The molecule has 1 aliphatic heterocycles. The molecule has 2 radical (unpaired) electrons. The van der Waals surface area contributed by atoms with Crippen LogP contribution in [0.2, 0.25) is 0 Å². The molecule has 0 aliphatic carbocycles. The van der Waals surface area contributed by atoms with Crippen molar-refractivity contribution in [1.29, 1.82) is 0 Å². The highest BCUT2D eigenvalue weighted by atomic mass is 33.1. The Balaban J connectivity index is 2.46. The van der Waals surface area contributed by atoms with Gasteiger partial charge in [0, 0.05) is 23.2 Å². The van der Waals surface area contributed by atoms with Crippen LogP contribution >= 0.6 is 45.1 Å². The third-order valence-electron chi connectivity index (χ3n) is 2.80. The third-order valence-corrected chi connectivity index (χ3v) is 8.64. The third kappa shape index (κ3) is 12.8. The van der Waals surface area contributed by atoms with Gasteiger partial charge >= 0.3 is 23.5 Å². The fraction of sp³-hybridized carbons (Fsp3) is 1.00. The van der Waals surface area contributed by atoms with Crippen molar-refractivity contribution in [3.8, 4) is 0 Å². The van der Waals surface area contributed by atoms with Crippen LogP contribution in [0, 0.1) is 0 Å². The number of hydrogen-bond donors (Lipinski definition) is 4. The van der Waals surface area contributed by atoms with E-state index in [2.05, 4.69) is 23.2 Å². The summed E-state index contributed by atoms with van der Waals surface area (Å²) in [6.45, 7) is -0.328. The Morgan fingerprint density at radius 3 is 2.48 bits per heavy atom. The molecule has 0 saturated carbocycles. The second-order valence-electron chi connectivity index (χ2n) is 5.05. The van der Waals surface area contributed by atoms with Gasteiger partial charge in [-0.2, -0.15) is 8.62 Å². The van der Waals surface area contributed by atoms with E-state index >= 15 is 0 Å². The SMILES string of the molecule is [B][C@H]1CC(OCSSCCN=[N+]=[N-])[C@@H](COP(=O)(O)OP(=O)(O)OP(=O)(O)O)O1. The molecular formula is C8H17BN3O12P3S2. The van der Waals surface area contributed by atoms with E-state index in [1.54, 1.807) is 0 Å². The molecule has 1 aliphatic rings. The summed E-state index contributed by atoms with van der Waals surface area (Å²) in [6, 6.07) is -0.753. The summed E-state index contributed by atoms with van der Waals surface area (Å²) in [6.07, 6.45) is -1.33. The van der Waals surface area contributed by atoms with E-state index in [1.165, 1.54) is 21.6 Å². The zero-order valence-corrected chi connectivity index (χ0v) is 18.7. The van der Waals surface area contributed by atoms with E-state index in [1.807, 2.05) is 0 Å². The van der Waals surface area contributed by atoms with Crippen molar-refractivity contribution in [2.45, 2.75) is 24.6 Å². The minimum atomic E-state index is -5.59. The fourth-order valence-corrected chi connectivity index (χ4v) is 6.42. The first kappa shape index (κ1) is 27.4. The molecule has 1 heterocycles. The van der Waals surface area contributed by atoms with Crippen molar-refractivity contribution in [3.63, 3.8) is 0 Å². The first-order chi connectivity index (χ1) is 13.3. The molecule has 21 heteroatoms. The van der Waals surface area contributed by atoms with Gasteiger partial charge in [-0.25, -0.2) is 13.7 Å². The van der Waals surface area contributed by atoms with E-state index in [-0.39, 0.29) is 12.4 Å². The summed E-state index contributed by atoms with van der Waals surface area (Å²) in [5.41, 5.74) is 8.15. The second kappa shape index (κ2) is 12.4. The predicted molar refractivity (Wildman–Crippen MR) is 103 cm³/mol. The molecule has 0 amide bonds. The fourth-order valence-electron chi connectivity index (χ4n) is 1.87. The van der Waals surface area contributed by atoms with Gasteiger partial charge in [0.05, 0.1) is 12.7 Å². The average Bonchev–Trinajstić information content (AvgIpc) is 2.88. The van der Waals surface area contributed by atoms with Crippen LogP contribution in [-0.4, -0.2) is 70.5 Å². The molecular weight excluding hydrogens is 498 g/mol. The van der Waals surface area contributed by atoms with Gasteiger partial charge in [-0.05, 0) is 12.0 Å². The van der Waals surface area contributed by atoms with Crippen molar-refractivity contribution in [2.75, 3.05) is 24.8 Å². The van der Waals surface area contributed by atoms with Gasteiger partial charge in [0.2, 0.25) is 0 Å². The van der Waals surface area contributed by atoms with Crippen molar-refractivity contribution >= 4 is 52.9 Å². The van der Waals surface area contributed by atoms with Crippen LogP contribution in [0.1, 0.15) is 6.42 Å². The van der Waals surface area contributed by atoms with Gasteiger partial charge < -0.3 is 29.0 Å². The minimum Gasteiger partial charge on any atom is -0.380 e. The van der Waals surface area contributed by atoms with E-state index in [4.69, 9.17) is 37.5 Å². The summed E-state index contributed by atoms with van der Waals surface area (Å²) < 4.78 is 56.1. The molecule has 1 saturated heterocycles. The molecule has 29 heavy (non-hydrogen) atoms. The van der Waals surface area contributed by atoms with Crippen LogP contribution in [0.25, 0.3) is 10.4 Å². The van der Waals surface area contributed by atoms with Gasteiger partial charge in [-0.3, -0.25) is 4.52 Å². The number of rotatable bonds is 14. The Morgan fingerprint density at radius 2 is 1.86 bits per heavy atom. The summed E-state index contributed by atoms with van der Waals surface area (Å²) in [7, 11) is -7.97. The zero-order valence-electron chi connectivity index (χ0n) is 14.4. The smallest absolute Gasteiger partial charge is 0.380 e. The largest absolute Gasteiger partial charge is 0.490 e. The topological polar surface area (TPSA) is 227 Å². The van der Waals surface area contributed by atoms with E-state index in [0.717, 1.165) is 0 Å². The van der Waals surface area contributed by atoms with Gasteiger partial charge in [0.25, 0.3) is 0 Å². The lowest BCUT2D eigenvalue weighted by molar-refractivity contribution is -0.0237. The second-order valence-corrected chi connectivity index (χ2v) is 12.0. The molecule has 0 bridgehead atoms. The first-order valence-corrected chi connectivity index (χ1v) is 14.4. The van der Waals surface area contributed by atoms with Crippen LogP contribution in [0.3, 0.4) is 0 Å².